The summed E-state index contributed by atoms with van der Waals surface area (Å²) in [6.45, 7) is 1.96. The van der Waals surface area contributed by atoms with Crippen molar-refractivity contribution in [3.05, 3.63) is 46.4 Å². The van der Waals surface area contributed by atoms with Crippen molar-refractivity contribution < 1.29 is 9.53 Å². The molecule has 7 nitrogen and oxygen atoms in total. The number of thiazole rings is 1. The molecule has 138 valence electrons. The summed E-state index contributed by atoms with van der Waals surface area (Å²) in [4.78, 5) is 21.7. The van der Waals surface area contributed by atoms with Crippen LogP contribution in [0.5, 0.6) is 5.75 Å². The van der Waals surface area contributed by atoms with Crippen LogP contribution in [-0.2, 0) is 0 Å². The summed E-state index contributed by atoms with van der Waals surface area (Å²) >= 11 is 2.89. The summed E-state index contributed by atoms with van der Waals surface area (Å²) in [5.41, 5.74) is 3.42. The summed E-state index contributed by atoms with van der Waals surface area (Å²) in [7, 11) is 3.26. The van der Waals surface area contributed by atoms with Crippen LogP contribution in [0.2, 0.25) is 0 Å². The lowest BCUT2D eigenvalue weighted by Crippen LogP contribution is -2.15. The highest BCUT2D eigenvalue weighted by molar-refractivity contribution is 7.18. The Balaban J connectivity index is 1.65. The summed E-state index contributed by atoms with van der Waals surface area (Å²) < 4.78 is 7.39. The summed E-state index contributed by atoms with van der Waals surface area (Å²) in [5.74, 6) is 0.629. The summed E-state index contributed by atoms with van der Waals surface area (Å²) in [5, 5.41) is 9.51. The zero-order chi connectivity index (χ0) is 19.0. The standard InChI is InChI=1S/C18H17N5O2S2/c1-10-15(23-8-4-5-12(25-3)16(23)20-10)11-9-26-18(21-11)22-14-7-6-13(27-14)17(24)19-2/h4-9H,1-3H3,(H,19,24)(H,21,22). The van der Waals surface area contributed by atoms with Crippen molar-refractivity contribution >= 4 is 44.4 Å². The largest absolute Gasteiger partial charge is 0.493 e. The van der Waals surface area contributed by atoms with Gasteiger partial charge < -0.3 is 15.4 Å². The number of rotatable bonds is 5. The Labute approximate surface area is 163 Å². The molecule has 0 bridgehead atoms. The molecule has 2 N–H and O–H groups in total. The van der Waals surface area contributed by atoms with Crippen LogP contribution in [0, 0.1) is 6.92 Å². The Kier molecular flexibility index (Phi) is 4.54. The fourth-order valence-electron chi connectivity index (χ4n) is 2.82. The topological polar surface area (TPSA) is 80.5 Å². The smallest absolute Gasteiger partial charge is 0.261 e. The third-order valence-electron chi connectivity index (χ3n) is 4.04. The first-order chi connectivity index (χ1) is 13.1. The number of carbonyl (C=O) groups is 1. The van der Waals surface area contributed by atoms with Gasteiger partial charge in [-0.05, 0) is 31.2 Å². The Morgan fingerprint density at radius 3 is 2.89 bits per heavy atom. The fourth-order valence-corrected chi connectivity index (χ4v) is 4.44. The summed E-state index contributed by atoms with van der Waals surface area (Å²) in [6.07, 6.45) is 1.95. The SMILES string of the molecule is CNC(=O)c1ccc(Nc2nc(-c3c(C)nc4c(OC)cccn34)cs2)s1. The van der Waals surface area contributed by atoms with E-state index in [1.54, 1.807) is 20.2 Å². The van der Waals surface area contributed by atoms with E-state index in [4.69, 9.17) is 9.72 Å². The molecule has 1 amide bonds. The zero-order valence-corrected chi connectivity index (χ0v) is 16.6. The van der Waals surface area contributed by atoms with E-state index < -0.39 is 0 Å². The normalized spacial score (nSPS) is 10.9. The minimum atomic E-state index is -0.0943. The molecule has 4 rings (SSSR count). The second kappa shape index (κ2) is 7.01. The van der Waals surface area contributed by atoms with Crippen LogP contribution in [0.15, 0.2) is 35.8 Å². The number of nitrogens with one attached hydrogen (secondary N) is 2. The van der Waals surface area contributed by atoms with E-state index in [1.165, 1.54) is 22.7 Å². The maximum Gasteiger partial charge on any atom is 0.261 e. The number of hydrogen-bond acceptors (Lipinski definition) is 7. The van der Waals surface area contributed by atoms with Gasteiger partial charge in [-0.1, -0.05) is 0 Å². The minimum Gasteiger partial charge on any atom is -0.493 e. The molecule has 9 heteroatoms. The third-order valence-corrected chi connectivity index (χ3v) is 5.80. The molecule has 0 saturated carbocycles. The van der Waals surface area contributed by atoms with Gasteiger partial charge in [-0.3, -0.25) is 9.20 Å². The lowest BCUT2D eigenvalue weighted by atomic mass is 10.3. The fraction of sp³-hybridized carbons (Fsp3) is 0.167. The first kappa shape index (κ1) is 17.5. The molecular formula is C18H17N5O2S2. The highest BCUT2D eigenvalue weighted by atomic mass is 32.1. The molecule has 0 unspecified atom stereocenters. The number of ether oxygens (including phenoxy) is 1. The first-order valence-electron chi connectivity index (χ1n) is 8.17. The van der Waals surface area contributed by atoms with Gasteiger partial charge in [0.05, 0.1) is 28.4 Å². The molecule has 0 aliphatic rings. The highest BCUT2D eigenvalue weighted by Crippen LogP contribution is 2.33. The van der Waals surface area contributed by atoms with E-state index in [-0.39, 0.29) is 5.91 Å². The van der Waals surface area contributed by atoms with Crippen molar-refractivity contribution in [2.24, 2.45) is 0 Å². The van der Waals surface area contributed by atoms with Crippen LogP contribution in [0.3, 0.4) is 0 Å². The second-order valence-corrected chi connectivity index (χ2v) is 7.66. The molecule has 4 heterocycles. The van der Waals surface area contributed by atoms with Crippen LogP contribution in [0.1, 0.15) is 15.4 Å². The average molecular weight is 400 g/mol. The molecule has 4 aromatic rings. The highest BCUT2D eigenvalue weighted by Gasteiger charge is 2.17. The van der Waals surface area contributed by atoms with Gasteiger partial charge in [-0.25, -0.2) is 9.97 Å². The lowest BCUT2D eigenvalue weighted by Gasteiger charge is -2.03. The molecule has 0 aliphatic heterocycles. The average Bonchev–Trinajstić information content (AvgIpc) is 3.39. The molecule has 0 spiro atoms. The van der Waals surface area contributed by atoms with Crippen LogP contribution in [0.4, 0.5) is 10.1 Å². The Morgan fingerprint density at radius 1 is 1.26 bits per heavy atom. The first-order valence-corrected chi connectivity index (χ1v) is 9.87. The lowest BCUT2D eigenvalue weighted by molar-refractivity contribution is 0.0967. The van der Waals surface area contributed by atoms with Gasteiger partial charge in [0.25, 0.3) is 5.91 Å². The number of nitrogens with zero attached hydrogens (tertiary/aromatic N) is 3. The number of hydrogen-bond donors (Lipinski definition) is 2. The number of imidazole rings is 1. The number of aromatic nitrogens is 3. The van der Waals surface area contributed by atoms with Crippen LogP contribution in [0.25, 0.3) is 17.0 Å². The van der Waals surface area contributed by atoms with Gasteiger partial charge in [0.15, 0.2) is 16.5 Å². The van der Waals surface area contributed by atoms with E-state index >= 15 is 0 Å². The van der Waals surface area contributed by atoms with Crippen molar-refractivity contribution in [1.29, 1.82) is 0 Å². The minimum absolute atomic E-state index is 0.0943. The number of aryl methyl sites for hydroxylation is 1. The molecule has 0 saturated heterocycles. The predicted molar refractivity (Wildman–Crippen MR) is 109 cm³/mol. The van der Waals surface area contributed by atoms with E-state index in [2.05, 4.69) is 15.6 Å². The maximum absolute atomic E-state index is 11.7. The number of carbonyl (C=O) groups excluding carboxylic acids is 1. The molecule has 4 aromatic heterocycles. The van der Waals surface area contributed by atoms with Gasteiger partial charge in [0.1, 0.15) is 5.69 Å². The van der Waals surface area contributed by atoms with Gasteiger partial charge >= 0.3 is 0 Å². The molecule has 27 heavy (non-hydrogen) atoms. The third kappa shape index (κ3) is 3.15. The molecular weight excluding hydrogens is 382 g/mol. The van der Waals surface area contributed by atoms with Gasteiger partial charge in [-0.15, -0.1) is 22.7 Å². The number of thiophene rings is 1. The number of methoxy groups -OCH3 is 1. The van der Waals surface area contributed by atoms with E-state index in [1.807, 2.05) is 41.1 Å². The van der Waals surface area contributed by atoms with Crippen molar-refractivity contribution in [3.63, 3.8) is 0 Å². The van der Waals surface area contributed by atoms with Gasteiger partial charge in [0, 0.05) is 18.6 Å². The van der Waals surface area contributed by atoms with Crippen LogP contribution in [-0.4, -0.2) is 34.4 Å². The molecule has 0 aliphatic carbocycles. The zero-order valence-electron chi connectivity index (χ0n) is 14.9. The Bertz CT molecular complexity index is 1130. The number of amides is 1. The number of fused-ring (bicyclic) bond motifs is 1. The molecule has 0 fully saturated rings. The quantitative estimate of drug-likeness (QED) is 0.531. The van der Waals surface area contributed by atoms with Crippen LogP contribution >= 0.6 is 22.7 Å². The van der Waals surface area contributed by atoms with Gasteiger partial charge in [0.2, 0.25) is 0 Å². The van der Waals surface area contributed by atoms with Crippen molar-refractivity contribution in [3.8, 4) is 17.1 Å². The molecule has 0 radical (unpaired) electrons. The molecule has 0 atom stereocenters. The monoisotopic (exact) mass is 399 g/mol. The Morgan fingerprint density at radius 2 is 2.11 bits per heavy atom. The number of pyridine rings is 1. The Hall–Kier alpha value is -2.91. The predicted octanol–water partition coefficient (Wildman–Crippen LogP) is 3.94. The van der Waals surface area contributed by atoms with E-state index in [0.29, 0.717) is 4.88 Å². The molecule has 0 aromatic carbocycles. The summed E-state index contributed by atoms with van der Waals surface area (Å²) in [6, 6.07) is 7.48. The second-order valence-electron chi connectivity index (χ2n) is 5.72. The number of anilines is 2. The van der Waals surface area contributed by atoms with Gasteiger partial charge in [-0.2, -0.15) is 0 Å². The van der Waals surface area contributed by atoms with E-state index in [9.17, 15) is 4.79 Å². The van der Waals surface area contributed by atoms with E-state index in [0.717, 1.165) is 38.6 Å². The maximum atomic E-state index is 11.7. The van der Waals surface area contributed by atoms with Crippen molar-refractivity contribution in [2.75, 3.05) is 19.5 Å². The van der Waals surface area contributed by atoms with Crippen molar-refractivity contribution in [1.82, 2.24) is 19.7 Å². The van der Waals surface area contributed by atoms with Crippen LogP contribution < -0.4 is 15.4 Å². The van der Waals surface area contributed by atoms with Crippen molar-refractivity contribution in [2.45, 2.75) is 6.92 Å².